The van der Waals surface area contributed by atoms with Gasteiger partial charge in [0, 0.05) is 19.0 Å². The summed E-state index contributed by atoms with van der Waals surface area (Å²) in [4.78, 5) is 14.5. The minimum Gasteiger partial charge on any atom is -0.342 e. The van der Waals surface area contributed by atoms with Gasteiger partial charge in [-0.15, -0.1) is 4.40 Å². The Balaban J connectivity index is 1.50. The van der Waals surface area contributed by atoms with Crippen molar-refractivity contribution in [1.82, 2.24) is 4.90 Å². The summed E-state index contributed by atoms with van der Waals surface area (Å²) >= 11 is 0. The van der Waals surface area contributed by atoms with E-state index in [1.165, 1.54) is 18.2 Å². The topological polar surface area (TPSA) is 78.8 Å². The fourth-order valence-electron chi connectivity index (χ4n) is 3.67. The zero-order valence-corrected chi connectivity index (χ0v) is 16.0. The SMILES string of the molecule is O=C(Cc1cccc(F)c1)N1CCCC(C2=NS(=O)(=O)c3ccccc3N2)C1. The number of carbonyl (C=O) groups excluding carboxylic acids is 1. The van der Waals surface area contributed by atoms with Crippen LogP contribution in [-0.2, 0) is 21.2 Å². The maximum atomic E-state index is 13.4. The van der Waals surface area contributed by atoms with Gasteiger partial charge in [0.25, 0.3) is 10.0 Å². The summed E-state index contributed by atoms with van der Waals surface area (Å²) in [6, 6.07) is 12.7. The largest absolute Gasteiger partial charge is 0.342 e. The van der Waals surface area contributed by atoms with Gasteiger partial charge in [0.05, 0.1) is 12.1 Å². The van der Waals surface area contributed by atoms with E-state index in [1.54, 1.807) is 35.2 Å². The molecule has 6 nitrogen and oxygen atoms in total. The number of amides is 1. The van der Waals surface area contributed by atoms with E-state index < -0.39 is 10.0 Å². The molecule has 146 valence electrons. The average molecular weight is 401 g/mol. The molecule has 0 saturated carbocycles. The van der Waals surface area contributed by atoms with Crippen molar-refractivity contribution in [2.45, 2.75) is 24.2 Å². The first-order valence-electron chi connectivity index (χ1n) is 9.15. The van der Waals surface area contributed by atoms with Gasteiger partial charge < -0.3 is 10.2 Å². The number of benzene rings is 2. The van der Waals surface area contributed by atoms with Crippen LogP contribution in [0.15, 0.2) is 57.8 Å². The zero-order chi connectivity index (χ0) is 19.7. The molecule has 4 rings (SSSR count). The normalized spacial score (nSPS) is 20.7. The van der Waals surface area contributed by atoms with E-state index in [1.807, 2.05) is 0 Å². The predicted octanol–water partition coefficient (Wildman–Crippen LogP) is 2.82. The van der Waals surface area contributed by atoms with E-state index in [2.05, 4.69) is 9.71 Å². The first-order valence-corrected chi connectivity index (χ1v) is 10.6. The molecule has 2 aliphatic rings. The van der Waals surface area contributed by atoms with Gasteiger partial charge in [-0.3, -0.25) is 4.79 Å². The third-order valence-corrected chi connectivity index (χ3v) is 6.40. The fraction of sp³-hybridized carbons (Fsp3) is 0.300. The number of carbonyl (C=O) groups is 1. The van der Waals surface area contributed by atoms with Crippen LogP contribution in [0.4, 0.5) is 10.1 Å². The van der Waals surface area contributed by atoms with Crippen molar-refractivity contribution < 1.29 is 17.6 Å². The quantitative estimate of drug-likeness (QED) is 0.858. The Labute approximate surface area is 163 Å². The van der Waals surface area contributed by atoms with Crippen LogP contribution in [-0.4, -0.2) is 38.2 Å². The number of nitrogens with zero attached hydrogens (tertiary/aromatic N) is 2. The maximum Gasteiger partial charge on any atom is 0.286 e. The number of rotatable bonds is 3. The Hall–Kier alpha value is -2.74. The van der Waals surface area contributed by atoms with E-state index >= 15 is 0 Å². The highest BCUT2D eigenvalue weighted by Gasteiger charge is 2.32. The third-order valence-electron chi connectivity index (χ3n) is 5.05. The molecule has 2 heterocycles. The Bertz CT molecular complexity index is 1050. The van der Waals surface area contributed by atoms with Gasteiger partial charge in [-0.05, 0) is 42.7 Å². The lowest BCUT2D eigenvalue weighted by Gasteiger charge is -2.34. The molecule has 8 heteroatoms. The van der Waals surface area contributed by atoms with Crippen LogP contribution in [0.3, 0.4) is 0 Å². The van der Waals surface area contributed by atoms with Gasteiger partial charge in [0.15, 0.2) is 0 Å². The fourth-order valence-corrected chi connectivity index (χ4v) is 4.87. The number of halogens is 1. The number of hydrogen-bond donors (Lipinski definition) is 1. The molecule has 1 unspecified atom stereocenters. The average Bonchev–Trinajstić information content (AvgIpc) is 2.67. The summed E-state index contributed by atoms with van der Waals surface area (Å²) in [5.41, 5.74) is 1.13. The highest BCUT2D eigenvalue weighted by Crippen LogP contribution is 2.30. The van der Waals surface area contributed by atoms with Gasteiger partial charge in [-0.25, -0.2) is 4.39 Å². The summed E-state index contributed by atoms with van der Waals surface area (Å²) in [5.74, 6) is -0.281. The molecule has 1 amide bonds. The first kappa shape index (κ1) is 18.6. The van der Waals surface area contributed by atoms with E-state index in [9.17, 15) is 17.6 Å². The summed E-state index contributed by atoms with van der Waals surface area (Å²) < 4.78 is 42.3. The monoisotopic (exact) mass is 401 g/mol. The number of hydrogen-bond acceptors (Lipinski definition) is 4. The second-order valence-electron chi connectivity index (χ2n) is 7.06. The van der Waals surface area contributed by atoms with Crippen LogP contribution < -0.4 is 5.32 Å². The van der Waals surface area contributed by atoms with E-state index in [0.717, 1.165) is 12.8 Å². The third kappa shape index (κ3) is 3.77. The smallest absolute Gasteiger partial charge is 0.286 e. The molecule has 0 spiro atoms. The molecule has 0 aromatic heterocycles. The minimum atomic E-state index is -3.75. The van der Waals surface area contributed by atoms with Crippen molar-refractivity contribution in [1.29, 1.82) is 0 Å². The van der Waals surface area contributed by atoms with E-state index in [0.29, 0.717) is 30.2 Å². The Morgan fingerprint density at radius 3 is 2.86 bits per heavy atom. The van der Waals surface area contributed by atoms with Crippen molar-refractivity contribution in [3.63, 3.8) is 0 Å². The summed E-state index contributed by atoms with van der Waals surface area (Å²) in [5, 5.41) is 3.12. The molecular formula is C20H20FN3O3S. The van der Waals surface area contributed by atoms with Crippen molar-refractivity contribution in [3.8, 4) is 0 Å². The molecule has 1 saturated heterocycles. The molecule has 2 aromatic rings. The standard InChI is InChI=1S/C20H20FN3O3S/c21-16-7-3-5-14(11-16)12-19(25)24-10-4-6-15(13-24)20-22-17-8-1-2-9-18(17)28(26,27)23-20/h1-3,5,7-9,11,15H,4,6,10,12-13H2,(H,22,23). The van der Waals surface area contributed by atoms with Crippen molar-refractivity contribution >= 4 is 27.5 Å². The summed E-state index contributed by atoms with van der Waals surface area (Å²) in [6.45, 7) is 0.985. The van der Waals surface area contributed by atoms with Gasteiger partial charge in [0.2, 0.25) is 5.91 Å². The molecule has 1 fully saturated rings. The molecule has 0 radical (unpaired) electrons. The maximum absolute atomic E-state index is 13.4. The number of sulfonamides is 1. The van der Waals surface area contributed by atoms with Crippen LogP contribution in [0, 0.1) is 11.7 Å². The van der Waals surface area contributed by atoms with Crippen molar-refractivity contribution in [2.75, 3.05) is 18.4 Å². The van der Waals surface area contributed by atoms with Crippen molar-refractivity contribution in [2.24, 2.45) is 10.3 Å². The van der Waals surface area contributed by atoms with E-state index in [4.69, 9.17) is 0 Å². The lowest BCUT2D eigenvalue weighted by molar-refractivity contribution is -0.131. The summed E-state index contributed by atoms with van der Waals surface area (Å²) in [7, 11) is -3.75. The molecule has 2 aliphatic heterocycles. The summed E-state index contributed by atoms with van der Waals surface area (Å²) in [6.07, 6.45) is 1.61. The number of amidine groups is 1. The molecule has 1 N–H and O–H groups in total. The first-order chi connectivity index (χ1) is 13.4. The van der Waals surface area contributed by atoms with Gasteiger partial charge in [0.1, 0.15) is 16.5 Å². The molecule has 28 heavy (non-hydrogen) atoms. The van der Waals surface area contributed by atoms with Crippen LogP contribution in [0.5, 0.6) is 0 Å². The van der Waals surface area contributed by atoms with Crippen LogP contribution in [0.1, 0.15) is 18.4 Å². The van der Waals surface area contributed by atoms with Gasteiger partial charge in [-0.1, -0.05) is 24.3 Å². The number of piperidine rings is 1. The van der Waals surface area contributed by atoms with E-state index in [-0.39, 0.29) is 29.0 Å². The highest BCUT2D eigenvalue weighted by molar-refractivity contribution is 7.90. The molecular weight excluding hydrogens is 381 g/mol. The minimum absolute atomic E-state index is 0.102. The number of likely N-dealkylation sites (tertiary alicyclic amines) is 1. The highest BCUT2D eigenvalue weighted by atomic mass is 32.2. The molecule has 1 atom stereocenters. The van der Waals surface area contributed by atoms with Crippen molar-refractivity contribution in [3.05, 3.63) is 59.9 Å². The second-order valence-corrected chi connectivity index (χ2v) is 8.63. The lowest BCUT2D eigenvalue weighted by atomic mass is 9.96. The van der Waals surface area contributed by atoms with Crippen LogP contribution >= 0.6 is 0 Å². The number of para-hydroxylation sites is 1. The second kappa shape index (κ2) is 7.35. The Morgan fingerprint density at radius 2 is 2.04 bits per heavy atom. The molecule has 2 aromatic carbocycles. The predicted molar refractivity (Wildman–Crippen MR) is 104 cm³/mol. The molecule has 0 aliphatic carbocycles. The van der Waals surface area contributed by atoms with Gasteiger partial charge >= 0.3 is 0 Å². The number of fused-ring (bicyclic) bond motifs is 1. The number of nitrogens with one attached hydrogen (secondary N) is 1. The van der Waals surface area contributed by atoms with Crippen LogP contribution in [0.2, 0.25) is 0 Å². The molecule has 0 bridgehead atoms. The Kier molecular flexibility index (Phi) is 4.89. The Morgan fingerprint density at radius 1 is 1.21 bits per heavy atom. The number of anilines is 1. The lowest BCUT2D eigenvalue weighted by Crippen LogP contribution is -2.45. The van der Waals surface area contributed by atoms with Gasteiger partial charge in [-0.2, -0.15) is 8.42 Å². The zero-order valence-electron chi connectivity index (χ0n) is 15.1. The van der Waals surface area contributed by atoms with Crippen LogP contribution in [0.25, 0.3) is 0 Å².